The van der Waals surface area contributed by atoms with Crippen molar-refractivity contribution in [1.29, 1.82) is 0 Å². The third-order valence-electron chi connectivity index (χ3n) is 7.37. The fourth-order valence-electron chi connectivity index (χ4n) is 5.61. The Balaban J connectivity index is 1.50. The van der Waals surface area contributed by atoms with Crippen LogP contribution < -0.4 is 16.4 Å². The van der Waals surface area contributed by atoms with Crippen LogP contribution in [0.3, 0.4) is 0 Å². The fraction of sp³-hybridized carbons (Fsp3) is 0.219. The SMILES string of the molecule is Cc1cc(C)c2c(c1)NC(O)C2CC(=O)N[C@@H](Cc1cccc(F)c1)c1ncccc1-c1ccc(F)c(C(N)=O)c1. The Morgan fingerprint density at radius 2 is 1.88 bits per heavy atom. The number of nitrogens with zero attached hydrogens (tertiary/aromatic N) is 1. The van der Waals surface area contributed by atoms with E-state index in [1.165, 1.54) is 24.3 Å². The molecule has 0 radical (unpaired) electrons. The molecule has 0 saturated heterocycles. The van der Waals surface area contributed by atoms with Crippen LogP contribution in [0.5, 0.6) is 0 Å². The molecule has 41 heavy (non-hydrogen) atoms. The maximum absolute atomic E-state index is 14.2. The standard InChI is InChI=1S/C32H30F2N4O3/c1-17-11-18(2)29-24(32(41)38-26(29)12-17)16-28(39)37-27(14-19-5-3-6-21(33)13-19)30-22(7-4-10-36-30)20-8-9-25(34)23(15-20)31(35)40/h3-13,15,24,27,32,38,41H,14,16H2,1-2H3,(H2,35,40)(H,37,39)/t24?,27-,32?/m0/s1. The molecule has 0 spiro atoms. The molecule has 0 saturated carbocycles. The highest BCUT2D eigenvalue weighted by atomic mass is 19.1. The van der Waals surface area contributed by atoms with Crippen LogP contribution in [-0.2, 0) is 11.2 Å². The van der Waals surface area contributed by atoms with Gasteiger partial charge in [-0.3, -0.25) is 14.6 Å². The van der Waals surface area contributed by atoms with E-state index in [0.717, 1.165) is 28.4 Å². The van der Waals surface area contributed by atoms with Gasteiger partial charge >= 0.3 is 0 Å². The lowest BCUT2D eigenvalue weighted by Gasteiger charge is -2.23. The van der Waals surface area contributed by atoms with Crippen LogP contribution in [0, 0.1) is 25.5 Å². The molecule has 3 aromatic carbocycles. The van der Waals surface area contributed by atoms with Crippen LogP contribution in [0.4, 0.5) is 14.5 Å². The number of hydrogen-bond donors (Lipinski definition) is 4. The Bertz CT molecular complexity index is 1640. The summed E-state index contributed by atoms with van der Waals surface area (Å²) in [4.78, 5) is 29.9. The van der Waals surface area contributed by atoms with Crippen molar-refractivity contribution in [3.63, 3.8) is 0 Å². The van der Waals surface area contributed by atoms with Crippen LogP contribution in [0.2, 0.25) is 0 Å². The van der Waals surface area contributed by atoms with Gasteiger partial charge in [0.2, 0.25) is 5.91 Å². The second-order valence-electron chi connectivity index (χ2n) is 10.4. The van der Waals surface area contributed by atoms with Crippen molar-refractivity contribution in [1.82, 2.24) is 10.3 Å². The van der Waals surface area contributed by atoms with Crippen LogP contribution in [0.1, 0.15) is 56.7 Å². The Morgan fingerprint density at radius 3 is 2.63 bits per heavy atom. The normalized spacial score (nSPS) is 16.5. The van der Waals surface area contributed by atoms with E-state index < -0.39 is 35.7 Å². The first-order valence-electron chi connectivity index (χ1n) is 13.2. The fourth-order valence-corrected chi connectivity index (χ4v) is 5.61. The minimum Gasteiger partial charge on any atom is -0.373 e. The molecule has 2 unspecified atom stereocenters. The number of hydrogen-bond acceptors (Lipinski definition) is 5. The number of rotatable bonds is 8. The third kappa shape index (κ3) is 5.95. The molecule has 0 bridgehead atoms. The first kappa shape index (κ1) is 27.9. The number of carbonyl (C=O) groups excluding carboxylic acids is 2. The van der Waals surface area contributed by atoms with Crippen LogP contribution >= 0.6 is 0 Å². The molecule has 7 nitrogen and oxygen atoms in total. The van der Waals surface area contributed by atoms with Crippen molar-refractivity contribution >= 4 is 17.5 Å². The molecule has 2 amide bonds. The van der Waals surface area contributed by atoms with Crippen molar-refractivity contribution in [3.05, 3.63) is 118 Å². The predicted molar refractivity (Wildman–Crippen MR) is 152 cm³/mol. The summed E-state index contributed by atoms with van der Waals surface area (Å²) in [6.45, 7) is 3.92. The number of primary amides is 1. The molecule has 3 atom stereocenters. The van der Waals surface area contributed by atoms with E-state index in [1.807, 2.05) is 26.0 Å². The lowest BCUT2D eigenvalue weighted by molar-refractivity contribution is -0.122. The first-order valence-corrected chi connectivity index (χ1v) is 13.2. The zero-order valence-electron chi connectivity index (χ0n) is 22.6. The number of aromatic nitrogens is 1. The summed E-state index contributed by atoms with van der Waals surface area (Å²) in [7, 11) is 0. The van der Waals surface area contributed by atoms with Crippen molar-refractivity contribution < 1.29 is 23.5 Å². The lowest BCUT2D eigenvalue weighted by Crippen LogP contribution is -2.33. The van der Waals surface area contributed by atoms with Crippen molar-refractivity contribution in [2.45, 2.75) is 44.9 Å². The van der Waals surface area contributed by atoms with E-state index in [0.29, 0.717) is 22.4 Å². The third-order valence-corrected chi connectivity index (χ3v) is 7.37. The van der Waals surface area contributed by atoms with Crippen LogP contribution in [0.25, 0.3) is 11.1 Å². The minimum absolute atomic E-state index is 0.00471. The predicted octanol–water partition coefficient (Wildman–Crippen LogP) is 5.06. The van der Waals surface area contributed by atoms with Crippen molar-refractivity contribution in [3.8, 4) is 11.1 Å². The van der Waals surface area contributed by atoms with Crippen LogP contribution in [0.15, 0.2) is 72.9 Å². The van der Waals surface area contributed by atoms with E-state index in [1.54, 1.807) is 30.5 Å². The van der Waals surface area contributed by atoms with Gasteiger partial charge in [0, 0.05) is 29.8 Å². The topological polar surface area (TPSA) is 117 Å². The van der Waals surface area contributed by atoms with E-state index in [-0.39, 0.29) is 24.3 Å². The summed E-state index contributed by atoms with van der Waals surface area (Å²) in [5, 5.41) is 16.9. The van der Waals surface area contributed by atoms with Gasteiger partial charge in [-0.2, -0.15) is 0 Å². The van der Waals surface area contributed by atoms with E-state index >= 15 is 0 Å². The Kier molecular flexibility index (Phi) is 7.81. The quantitative estimate of drug-likeness (QED) is 0.242. The van der Waals surface area contributed by atoms with Gasteiger partial charge in [-0.25, -0.2) is 8.78 Å². The summed E-state index contributed by atoms with van der Waals surface area (Å²) in [6, 6.07) is 16.7. The Morgan fingerprint density at radius 1 is 1.07 bits per heavy atom. The van der Waals surface area contributed by atoms with E-state index in [4.69, 9.17) is 5.73 Å². The van der Waals surface area contributed by atoms with Crippen molar-refractivity contribution in [2.75, 3.05) is 5.32 Å². The van der Waals surface area contributed by atoms with Gasteiger partial charge in [0.1, 0.15) is 17.9 Å². The monoisotopic (exact) mass is 556 g/mol. The number of fused-ring (bicyclic) bond motifs is 1. The lowest BCUT2D eigenvalue weighted by atomic mass is 9.90. The summed E-state index contributed by atoms with van der Waals surface area (Å²) < 4.78 is 28.3. The zero-order chi connectivity index (χ0) is 29.3. The molecule has 4 aromatic rings. The van der Waals surface area contributed by atoms with Gasteiger partial charge in [0.05, 0.1) is 17.3 Å². The summed E-state index contributed by atoms with van der Waals surface area (Å²) in [5.41, 5.74) is 10.9. The molecule has 1 aliphatic heterocycles. The highest BCUT2D eigenvalue weighted by Gasteiger charge is 2.34. The molecule has 1 aliphatic rings. The van der Waals surface area contributed by atoms with Gasteiger partial charge < -0.3 is 21.5 Å². The van der Waals surface area contributed by atoms with Crippen molar-refractivity contribution in [2.24, 2.45) is 5.73 Å². The summed E-state index contributed by atoms with van der Waals surface area (Å²) >= 11 is 0. The van der Waals surface area contributed by atoms with Gasteiger partial charge in [0.15, 0.2) is 0 Å². The molecule has 5 rings (SSSR count). The number of amides is 2. The molecule has 0 fully saturated rings. The molecule has 5 N–H and O–H groups in total. The van der Waals surface area contributed by atoms with Gasteiger partial charge in [0.25, 0.3) is 5.91 Å². The van der Waals surface area contributed by atoms with Gasteiger partial charge in [-0.1, -0.05) is 30.3 Å². The summed E-state index contributed by atoms with van der Waals surface area (Å²) in [5.74, 6) is -2.88. The van der Waals surface area contributed by atoms with Crippen LogP contribution in [-0.4, -0.2) is 28.1 Å². The number of nitrogens with two attached hydrogens (primary N) is 1. The van der Waals surface area contributed by atoms with Gasteiger partial charge in [-0.05, 0) is 84.5 Å². The average molecular weight is 557 g/mol. The first-order chi connectivity index (χ1) is 19.6. The largest absolute Gasteiger partial charge is 0.373 e. The zero-order valence-corrected chi connectivity index (χ0v) is 22.6. The highest BCUT2D eigenvalue weighted by Crippen LogP contribution is 2.40. The maximum atomic E-state index is 14.2. The number of aliphatic hydroxyl groups excluding tert-OH is 1. The average Bonchev–Trinajstić information content (AvgIpc) is 3.22. The molecule has 1 aromatic heterocycles. The molecular weight excluding hydrogens is 526 g/mol. The number of benzene rings is 3. The number of anilines is 1. The number of aliphatic hydroxyl groups is 1. The number of halogens is 2. The second kappa shape index (κ2) is 11.5. The second-order valence-corrected chi connectivity index (χ2v) is 10.4. The molecule has 210 valence electrons. The number of aryl methyl sites for hydroxylation is 2. The number of pyridine rings is 1. The molecule has 0 aliphatic carbocycles. The minimum atomic E-state index is -0.935. The molecule has 2 heterocycles. The molecular formula is C32H30F2N4O3. The molecule has 9 heteroatoms. The Labute approximate surface area is 236 Å². The van der Waals surface area contributed by atoms with E-state index in [2.05, 4.69) is 15.6 Å². The maximum Gasteiger partial charge on any atom is 0.251 e. The summed E-state index contributed by atoms with van der Waals surface area (Å²) in [6.07, 6.45) is 0.830. The number of carbonyl (C=O) groups is 2. The Hall–Kier alpha value is -4.63. The van der Waals surface area contributed by atoms with Gasteiger partial charge in [-0.15, -0.1) is 0 Å². The smallest absolute Gasteiger partial charge is 0.251 e. The van der Waals surface area contributed by atoms with E-state index in [9.17, 15) is 23.5 Å². The number of nitrogens with one attached hydrogen (secondary N) is 2. The highest BCUT2D eigenvalue weighted by molar-refractivity contribution is 5.94.